The van der Waals surface area contributed by atoms with Crippen molar-refractivity contribution in [2.24, 2.45) is 5.73 Å². The summed E-state index contributed by atoms with van der Waals surface area (Å²) in [4.78, 5) is 8.36. The van der Waals surface area contributed by atoms with E-state index in [0.29, 0.717) is 6.04 Å². The van der Waals surface area contributed by atoms with Crippen molar-refractivity contribution in [3.05, 3.63) is 45.5 Å². The van der Waals surface area contributed by atoms with Crippen molar-refractivity contribution < 1.29 is 10.3 Å². The molecule has 0 heterocycles. The molecule has 76 valence electrons. The van der Waals surface area contributed by atoms with Crippen molar-refractivity contribution in [3.8, 4) is 0 Å². The van der Waals surface area contributed by atoms with Crippen molar-refractivity contribution >= 4 is 0 Å². The van der Waals surface area contributed by atoms with Crippen molar-refractivity contribution in [2.75, 3.05) is 0 Å². The van der Waals surface area contributed by atoms with Crippen LogP contribution in [0.15, 0.2) is 24.3 Å². The van der Waals surface area contributed by atoms with E-state index in [0.717, 1.165) is 12.8 Å². The minimum absolute atomic E-state index is 0.302. The zero-order chi connectivity index (χ0) is 10.6. The third kappa shape index (κ3) is 2.70. The highest BCUT2D eigenvalue weighted by molar-refractivity contribution is 5.33. The van der Waals surface area contributed by atoms with E-state index in [9.17, 15) is 0 Å². The van der Waals surface area contributed by atoms with Crippen LogP contribution < -0.4 is 5.73 Å². The quantitative estimate of drug-likeness (QED) is 0.483. The van der Waals surface area contributed by atoms with E-state index in [1.54, 1.807) is 0 Å². The van der Waals surface area contributed by atoms with Gasteiger partial charge in [0.2, 0.25) is 0 Å². The number of nitrogens with zero attached hydrogens (tertiary/aromatic N) is 1. The molecular weight excluding hydrogens is 184 g/mol. The van der Waals surface area contributed by atoms with Gasteiger partial charge in [0.25, 0.3) is 5.09 Å². The molecule has 0 aliphatic heterocycles. The number of benzene rings is 1. The first-order valence-electron chi connectivity index (χ1n) is 4.28. The predicted octanol–water partition coefficient (Wildman–Crippen LogP) is 1.28. The van der Waals surface area contributed by atoms with Gasteiger partial charge in [-0.3, -0.25) is 0 Å². The second-order valence-corrected chi connectivity index (χ2v) is 3.08. The number of rotatable bonds is 0. The van der Waals surface area contributed by atoms with Gasteiger partial charge in [-0.25, -0.2) is 0 Å². The molecule has 0 saturated heterocycles. The topological polar surface area (TPSA) is 89.4 Å². The SMILES string of the molecule is NC1CCc2ccccc21.O=[N+]([O-])O. The molecule has 1 atom stereocenters. The molecule has 0 fully saturated rings. The molecular formula is C9H12N2O3. The second-order valence-electron chi connectivity index (χ2n) is 3.08. The Balaban J connectivity index is 0.000000213. The number of fused-ring (bicyclic) bond motifs is 1. The zero-order valence-electron chi connectivity index (χ0n) is 7.59. The highest BCUT2D eigenvalue weighted by atomic mass is 16.9. The Morgan fingerprint density at radius 2 is 2.07 bits per heavy atom. The molecule has 0 spiro atoms. The molecule has 0 aromatic heterocycles. The molecule has 5 nitrogen and oxygen atoms in total. The van der Waals surface area contributed by atoms with Crippen LogP contribution in [0.3, 0.4) is 0 Å². The maximum Gasteiger partial charge on any atom is 0.291 e. The molecule has 5 heteroatoms. The summed E-state index contributed by atoms with van der Waals surface area (Å²) in [6.45, 7) is 0. The standard InChI is InChI=1S/C9H11N.HNO3/c10-9-6-5-7-3-1-2-4-8(7)9;2-1(3)4/h1-4,9H,5-6,10H2;(H,2,3,4). The van der Waals surface area contributed by atoms with E-state index >= 15 is 0 Å². The Morgan fingerprint density at radius 3 is 2.64 bits per heavy atom. The second kappa shape index (κ2) is 4.57. The molecule has 3 N–H and O–H groups in total. The molecule has 2 rings (SSSR count). The van der Waals surface area contributed by atoms with Gasteiger partial charge in [-0.05, 0) is 24.0 Å². The fourth-order valence-corrected chi connectivity index (χ4v) is 1.59. The number of nitrogens with two attached hydrogens (primary N) is 1. The van der Waals surface area contributed by atoms with Crippen LogP contribution in [-0.2, 0) is 6.42 Å². The van der Waals surface area contributed by atoms with E-state index < -0.39 is 5.09 Å². The number of aryl methyl sites for hydroxylation is 1. The third-order valence-electron chi connectivity index (χ3n) is 2.18. The van der Waals surface area contributed by atoms with Crippen LogP contribution in [0.5, 0.6) is 0 Å². The third-order valence-corrected chi connectivity index (χ3v) is 2.18. The lowest BCUT2D eigenvalue weighted by molar-refractivity contribution is -0.742. The highest BCUT2D eigenvalue weighted by Gasteiger charge is 2.16. The first-order valence-corrected chi connectivity index (χ1v) is 4.28. The van der Waals surface area contributed by atoms with E-state index in [1.807, 2.05) is 0 Å². The van der Waals surface area contributed by atoms with Gasteiger partial charge in [-0.15, -0.1) is 10.1 Å². The summed E-state index contributed by atoms with van der Waals surface area (Å²) in [5.41, 5.74) is 8.64. The van der Waals surface area contributed by atoms with Crippen LogP contribution in [0.25, 0.3) is 0 Å². The maximum atomic E-state index is 8.36. The normalized spacial score (nSPS) is 17.9. The molecule has 14 heavy (non-hydrogen) atoms. The van der Waals surface area contributed by atoms with Crippen LogP contribution >= 0.6 is 0 Å². The van der Waals surface area contributed by atoms with Gasteiger partial charge >= 0.3 is 0 Å². The minimum Gasteiger partial charge on any atom is -0.328 e. The summed E-state index contributed by atoms with van der Waals surface area (Å²) in [5.74, 6) is 0. The average Bonchev–Trinajstić information content (AvgIpc) is 2.48. The lowest BCUT2D eigenvalue weighted by Crippen LogP contribution is -2.04. The molecule has 1 aromatic rings. The van der Waals surface area contributed by atoms with Gasteiger partial charge in [-0.2, -0.15) is 0 Å². The highest BCUT2D eigenvalue weighted by Crippen LogP contribution is 2.28. The lowest BCUT2D eigenvalue weighted by Gasteiger charge is -2.01. The predicted molar refractivity (Wildman–Crippen MR) is 50.5 cm³/mol. The van der Waals surface area contributed by atoms with Crippen molar-refractivity contribution in [1.82, 2.24) is 0 Å². The average molecular weight is 196 g/mol. The summed E-state index contributed by atoms with van der Waals surface area (Å²) in [6, 6.07) is 8.74. The van der Waals surface area contributed by atoms with Gasteiger partial charge in [0.05, 0.1) is 0 Å². The summed E-state index contributed by atoms with van der Waals surface area (Å²) in [7, 11) is 0. The summed E-state index contributed by atoms with van der Waals surface area (Å²) in [5, 5.41) is 13.6. The summed E-state index contributed by atoms with van der Waals surface area (Å²) in [6.07, 6.45) is 2.29. The van der Waals surface area contributed by atoms with E-state index in [1.165, 1.54) is 11.1 Å². The Labute approximate surface area is 81.3 Å². The van der Waals surface area contributed by atoms with E-state index in [2.05, 4.69) is 24.3 Å². The Kier molecular flexibility index (Phi) is 3.41. The van der Waals surface area contributed by atoms with Crippen LogP contribution in [-0.4, -0.2) is 10.3 Å². The van der Waals surface area contributed by atoms with E-state index in [4.69, 9.17) is 21.1 Å². The molecule has 1 aromatic carbocycles. The molecule has 0 radical (unpaired) electrons. The van der Waals surface area contributed by atoms with Crippen LogP contribution in [0.4, 0.5) is 0 Å². The molecule has 1 unspecified atom stereocenters. The van der Waals surface area contributed by atoms with Gasteiger partial charge in [0.15, 0.2) is 0 Å². The largest absolute Gasteiger partial charge is 0.328 e. The molecule has 1 aliphatic carbocycles. The Bertz CT molecular complexity index is 324. The molecule has 0 bridgehead atoms. The first-order chi connectivity index (χ1) is 6.61. The Hall–Kier alpha value is -1.62. The monoisotopic (exact) mass is 196 g/mol. The fraction of sp³-hybridized carbons (Fsp3) is 0.333. The number of hydrogen-bond acceptors (Lipinski definition) is 3. The van der Waals surface area contributed by atoms with E-state index in [-0.39, 0.29) is 0 Å². The van der Waals surface area contributed by atoms with Crippen molar-refractivity contribution in [2.45, 2.75) is 18.9 Å². The van der Waals surface area contributed by atoms with Crippen LogP contribution in [0.1, 0.15) is 23.6 Å². The minimum atomic E-state index is -1.50. The van der Waals surface area contributed by atoms with Gasteiger partial charge in [-0.1, -0.05) is 24.3 Å². The van der Waals surface area contributed by atoms with Crippen molar-refractivity contribution in [1.29, 1.82) is 0 Å². The van der Waals surface area contributed by atoms with Gasteiger partial charge in [0, 0.05) is 6.04 Å². The molecule has 0 amide bonds. The summed E-state index contributed by atoms with van der Waals surface area (Å²) < 4.78 is 0. The number of hydrogen-bond donors (Lipinski definition) is 2. The smallest absolute Gasteiger partial charge is 0.291 e. The van der Waals surface area contributed by atoms with Crippen molar-refractivity contribution in [3.63, 3.8) is 0 Å². The molecule has 1 aliphatic rings. The zero-order valence-corrected chi connectivity index (χ0v) is 7.59. The van der Waals surface area contributed by atoms with Crippen LogP contribution in [0, 0.1) is 10.1 Å². The maximum absolute atomic E-state index is 8.36. The van der Waals surface area contributed by atoms with Gasteiger partial charge in [0.1, 0.15) is 0 Å². The summed E-state index contributed by atoms with van der Waals surface area (Å²) >= 11 is 0. The van der Waals surface area contributed by atoms with Gasteiger partial charge < -0.3 is 10.9 Å². The lowest BCUT2D eigenvalue weighted by atomic mass is 10.1. The fourth-order valence-electron chi connectivity index (χ4n) is 1.59. The van der Waals surface area contributed by atoms with Crippen LogP contribution in [0.2, 0.25) is 0 Å². The first kappa shape index (κ1) is 10.5. The molecule has 0 saturated carbocycles. The Morgan fingerprint density at radius 1 is 1.50 bits per heavy atom.